The van der Waals surface area contributed by atoms with Gasteiger partial charge in [-0.25, -0.2) is 9.97 Å². The Bertz CT molecular complexity index is 470. The van der Waals surface area contributed by atoms with Gasteiger partial charge in [0, 0.05) is 38.9 Å². The largest absolute Gasteiger partial charge is 0.377 e. The topological polar surface area (TPSA) is 41.5 Å². The van der Waals surface area contributed by atoms with Crippen molar-refractivity contribution in [2.24, 2.45) is 0 Å². The van der Waals surface area contributed by atoms with Crippen LogP contribution in [-0.2, 0) is 11.3 Å². The molecular weight excluding hydrogens is 276 g/mol. The molecule has 0 spiro atoms. The zero-order valence-corrected chi connectivity index (χ0v) is 12.6. The number of anilines is 1. The van der Waals surface area contributed by atoms with Gasteiger partial charge in [-0.3, -0.25) is 4.90 Å². The Morgan fingerprint density at radius 2 is 2.20 bits per heavy atom. The molecule has 20 heavy (non-hydrogen) atoms. The lowest BCUT2D eigenvalue weighted by atomic mass is 9.99. The number of ether oxygens (including phenoxy) is 1. The third kappa shape index (κ3) is 3.05. The maximum atomic E-state index is 6.10. The minimum absolute atomic E-state index is 0.400. The molecule has 110 valence electrons. The van der Waals surface area contributed by atoms with Crippen LogP contribution in [0.5, 0.6) is 0 Å². The number of nitrogens with zero attached hydrogens (tertiary/aromatic N) is 4. The molecule has 6 heteroatoms. The fraction of sp³-hybridized carbons (Fsp3) is 0.714. The first kappa shape index (κ1) is 14.0. The molecule has 2 fully saturated rings. The molecule has 0 amide bonds. The first-order chi connectivity index (χ1) is 9.76. The molecular formula is C14H21ClN4O. The van der Waals surface area contributed by atoms with Crippen molar-refractivity contribution in [3.8, 4) is 0 Å². The van der Waals surface area contributed by atoms with Gasteiger partial charge in [-0.15, -0.1) is 0 Å². The first-order valence-electron chi connectivity index (χ1n) is 7.27. The number of hydrogen-bond acceptors (Lipinski definition) is 5. The summed E-state index contributed by atoms with van der Waals surface area (Å²) in [6.45, 7) is 4.82. The van der Waals surface area contributed by atoms with Crippen LogP contribution in [0.2, 0.25) is 5.15 Å². The highest BCUT2D eigenvalue weighted by molar-refractivity contribution is 6.29. The molecule has 0 radical (unpaired) electrons. The van der Waals surface area contributed by atoms with E-state index in [1.165, 1.54) is 25.8 Å². The maximum Gasteiger partial charge on any atom is 0.158 e. The minimum atomic E-state index is 0.400. The Morgan fingerprint density at radius 3 is 3.05 bits per heavy atom. The summed E-state index contributed by atoms with van der Waals surface area (Å²) in [5, 5.41) is 0.494. The number of halogens is 1. The van der Waals surface area contributed by atoms with Gasteiger partial charge in [0.05, 0.1) is 0 Å². The molecule has 2 aliphatic rings. The molecule has 5 nitrogen and oxygen atoms in total. The monoisotopic (exact) mass is 296 g/mol. The molecule has 1 aromatic heterocycles. The molecule has 0 saturated carbocycles. The number of methoxy groups -OCH3 is 1. The molecule has 1 unspecified atom stereocenters. The smallest absolute Gasteiger partial charge is 0.158 e. The highest BCUT2D eigenvalue weighted by Gasteiger charge is 2.29. The molecule has 0 aromatic carbocycles. The van der Waals surface area contributed by atoms with Crippen LogP contribution >= 0.6 is 11.6 Å². The van der Waals surface area contributed by atoms with Crippen LogP contribution in [0.25, 0.3) is 0 Å². The molecule has 0 N–H and O–H groups in total. The zero-order chi connectivity index (χ0) is 13.9. The van der Waals surface area contributed by atoms with E-state index in [2.05, 4.69) is 19.8 Å². The first-order valence-corrected chi connectivity index (χ1v) is 7.65. The van der Waals surface area contributed by atoms with Gasteiger partial charge in [0.15, 0.2) is 5.82 Å². The Labute approximate surface area is 124 Å². The summed E-state index contributed by atoms with van der Waals surface area (Å²) >= 11 is 6.10. The number of piperazine rings is 1. The van der Waals surface area contributed by atoms with Crippen molar-refractivity contribution in [2.45, 2.75) is 31.9 Å². The summed E-state index contributed by atoms with van der Waals surface area (Å²) in [5.74, 6) is 1.59. The highest BCUT2D eigenvalue weighted by Crippen LogP contribution is 2.25. The van der Waals surface area contributed by atoms with Crippen molar-refractivity contribution in [3.05, 3.63) is 17.0 Å². The lowest BCUT2D eigenvalue weighted by Gasteiger charge is -2.44. The second kappa shape index (κ2) is 6.24. The Morgan fingerprint density at radius 1 is 1.30 bits per heavy atom. The Kier molecular flexibility index (Phi) is 4.38. The maximum absolute atomic E-state index is 6.10. The summed E-state index contributed by atoms with van der Waals surface area (Å²) in [6, 6.07) is 2.52. The van der Waals surface area contributed by atoms with Crippen molar-refractivity contribution in [1.29, 1.82) is 0 Å². The molecule has 1 aromatic rings. The lowest BCUT2D eigenvalue weighted by molar-refractivity contribution is 0.133. The third-order valence-electron chi connectivity index (χ3n) is 4.16. The van der Waals surface area contributed by atoms with Crippen LogP contribution in [0.1, 0.15) is 25.1 Å². The van der Waals surface area contributed by atoms with Gasteiger partial charge in [-0.1, -0.05) is 18.0 Å². The predicted octanol–water partition coefficient (Wildman–Crippen LogP) is 1.95. The summed E-state index contributed by atoms with van der Waals surface area (Å²) in [5.41, 5.74) is 0. The van der Waals surface area contributed by atoms with Crippen LogP contribution in [-0.4, -0.2) is 54.2 Å². The van der Waals surface area contributed by atoms with Crippen LogP contribution in [0, 0.1) is 0 Å². The van der Waals surface area contributed by atoms with Crippen LogP contribution in [0.3, 0.4) is 0 Å². The lowest BCUT2D eigenvalue weighted by Crippen LogP contribution is -2.55. The zero-order valence-electron chi connectivity index (χ0n) is 11.9. The average molecular weight is 297 g/mol. The molecule has 3 rings (SSSR count). The van der Waals surface area contributed by atoms with Crippen molar-refractivity contribution < 1.29 is 4.74 Å². The number of piperidine rings is 1. The third-order valence-corrected chi connectivity index (χ3v) is 4.36. The summed E-state index contributed by atoms with van der Waals surface area (Å²) < 4.78 is 5.10. The van der Waals surface area contributed by atoms with Crippen molar-refractivity contribution in [3.63, 3.8) is 0 Å². The van der Waals surface area contributed by atoms with E-state index < -0.39 is 0 Å². The van der Waals surface area contributed by atoms with E-state index in [0.29, 0.717) is 23.6 Å². The van der Waals surface area contributed by atoms with Gasteiger partial charge in [0.2, 0.25) is 0 Å². The molecule has 0 bridgehead atoms. The van der Waals surface area contributed by atoms with Gasteiger partial charge in [-0.05, 0) is 19.4 Å². The summed E-state index contributed by atoms with van der Waals surface area (Å²) in [7, 11) is 1.64. The van der Waals surface area contributed by atoms with E-state index in [9.17, 15) is 0 Å². The minimum Gasteiger partial charge on any atom is -0.377 e. The number of hydrogen-bond donors (Lipinski definition) is 0. The number of rotatable bonds is 3. The van der Waals surface area contributed by atoms with Crippen molar-refractivity contribution in [2.75, 3.05) is 38.2 Å². The summed E-state index contributed by atoms with van der Waals surface area (Å²) in [4.78, 5) is 13.7. The fourth-order valence-electron chi connectivity index (χ4n) is 3.17. The summed E-state index contributed by atoms with van der Waals surface area (Å²) in [6.07, 6.45) is 3.97. The van der Waals surface area contributed by atoms with E-state index in [-0.39, 0.29) is 0 Å². The Balaban J connectivity index is 1.75. The molecule has 2 aliphatic heterocycles. The van der Waals surface area contributed by atoms with Gasteiger partial charge >= 0.3 is 0 Å². The fourth-order valence-corrected chi connectivity index (χ4v) is 3.37. The van der Waals surface area contributed by atoms with Crippen molar-refractivity contribution >= 4 is 17.4 Å². The van der Waals surface area contributed by atoms with Gasteiger partial charge < -0.3 is 9.64 Å². The van der Waals surface area contributed by atoms with Crippen LogP contribution < -0.4 is 4.90 Å². The molecule has 2 saturated heterocycles. The van der Waals surface area contributed by atoms with E-state index in [1.54, 1.807) is 7.11 Å². The average Bonchev–Trinajstić information content (AvgIpc) is 2.46. The molecule has 3 heterocycles. The number of fused-ring (bicyclic) bond motifs is 1. The predicted molar refractivity (Wildman–Crippen MR) is 79.2 cm³/mol. The van der Waals surface area contributed by atoms with Gasteiger partial charge in [0.25, 0.3) is 0 Å². The SMILES string of the molecule is COCc1nc(Cl)cc(N2CCN3CCCCC3C2)n1. The number of aromatic nitrogens is 2. The Hall–Kier alpha value is -0.910. The van der Waals surface area contributed by atoms with E-state index >= 15 is 0 Å². The van der Waals surface area contributed by atoms with Gasteiger partial charge in [0.1, 0.15) is 17.6 Å². The normalized spacial score (nSPS) is 23.7. The van der Waals surface area contributed by atoms with E-state index in [4.69, 9.17) is 16.3 Å². The van der Waals surface area contributed by atoms with E-state index in [0.717, 1.165) is 25.5 Å². The van der Waals surface area contributed by atoms with Crippen LogP contribution in [0.15, 0.2) is 6.07 Å². The van der Waals surface area contributed by atoms with Crippen LogP contribution in [0.4, 0.5) is 5.82 Å². The second-order valence-corrected chi connectivity index (χ2v) is 5.92. The van der Waals surface area contributed by atoms with E-state index in [1.807, 2.05) is 6.07 Å². The second-order valence-electron chi connectivity index (χ2n) is 5.53. The standard InChI is InChI=1S/C14H21ClN4O/c1-20-10-13-16-12(15)8-14(17-13)19-7-6-18-5-3-2-4-11(18)9-19/h8,11H,2-7,9-10H2,1H3. The quantitative estimate of drug-likeness (QED) is 0.798. The van der Waals surface area contributed by atoms with Gasteiger partial charge in [-0.2, -0.15) is 0 Å². The van der Waals surface area contributed by atoms with Crippen molar-refractivity contribution in [1.82, 2.24) is 14.9 Å². The highest BCUT2D eigenvalue weighted by atomic mass is 35.5. The molecule has 0 aliphatic carbocycles. The molecule has 1 atom stereocenters.